The van der Waals surface area contributed by atoms with Gasteiger partial charge in [0.05, 0.1) is 12.6 Å². The van der Waals surface area contributed by atoms with Crippen LogP contribution in [0, 0.1) is 5.92 Å². The van der Waals surface area contributed by atoms with E-state index in [9.17, 15) is 0 Å². The Hall–Kier alpha value is -1.16. The van der Waals surface area contributed by atoms with E-state index >= 15 is 0 Å². The van der Waals surface area contributed by atoms with Crippen LogP contribution in [-0.2, 0) is 4.74 Å². The van der Waals surface area contributed by atoms with E-state index in [2.05, 4.69) is 53.2 Å². The zero-order chi connectivity index (χ0) is 12.9. The molecular weight excluding hydrogens is 254 g/mol. The summed E-state index contributed by atoms with van der Waals surface area (Å²) >= 11 is 1.81. The predicted octanol–water partition coefficient (Wildman–Crippen LogP) is 3.46. The van der Waals surface area contributed by atoms with E-state index in [1.54, 1.807) is 0 Å². The van der Waals surface area contributed by atoms with Crippen LogP contribution in [-0.4, -0.2) is 19.8 Å². The number of thiophene rings is 1. The van der Waals surface area contributed by atoms with E-state index in [-0.39, 0.29) is 0 Å². The van der Waals surface area contributed by atoms with Gasteiger partial charge in [-0.25, -0.2) is 0 Å². The standard InChI is InChI=1S/C16H19NOS/c1-2-5-14(6-3-1)16(15-7-4-10-19-15)17-11-13-8-9-18-12-13/h1-7,10,13,16-17H,8-9,11-12H2. The van der Waals surface area contributed by atoms with Crippen LogP contribution in [0.15, 0.2) is 47.8 Å². The van der Waals surface area contributed by atoms with Crippen molar-refractivity contribution in [1.82, 2.24) is 5.32 Å². The molecule has 0 amide bonds. The Morgan fingerprint density at radius 2 is 2.11 bits per heavy atom. The zero-order valence-electron chi connectivity index (χ0n) is 10.9. The lowest BCUT2D eigenvalue weighted by Gasteiger charge is -2.20. The highest BCUT2D eigenvalue weighted by Gasteiger charge is 2.19. The molecule has 1 saturated heterocycles. The summed E-state index contributed by atoms with van der Waals surface area (Å²) in [7, 11) is 0. The molecule has 2 aromatic rings. The van der Waals surface area contributed by atoms with Crippen molar-refractivity contribution < 1.29 is 4.74 Å². The van der Waals surface area contributed by atoms with Gasteiger partial charge in [0.15, 0.2) is 0 Å². The normalized spacial score (nSPS) is 20.5. The number of ether oxygens (including phenoxy) is 1. The van der Waals surface area contributed by atoms with Gasteiger partial charge in [-0.2, -0.15) is 0 Å². The predicted molar refractivity (Wildman–Crippen MR) is 79.5 cm³/mol. The number of rotatable bonds is 5. The van der Waals surface area contributed by atoms with E-state index in [4.69, 9.17) is 4.74 Å². The summed E-state index contributed by atoms with van der Waals surface area (Å²) in [6.07, 6.45) is 1.18. The number of nitrogens with one attached hydrogen (secondary N) is 1. The Morgan fingerprint density at radius 3 is 2.79 bits per heavy atom. The molecule has 1 aromatic heterocycles. The van der Waals surface area contributed by atoms with Crippen LogP contribution in [0.4, 0.5) is 0 Å². The average molecular weight is 273 g/mol. The highest BCUT2D eigenvalue weighted by atomic mass is 32.1. The molecule has 3 rings (SSSR count). The van der Waals surface area contributed by atoms with E-state index in [0.29, 0.717) is 12.0 Å². The highest BCUT2D eigenvalue weighted by molar-refractivity contribution is 7.10. The third-order valence-electron chi connectivity index (χ3n) is 3.60. The molecule has 0 radical (unpaired) electrons. The number of hydrogen-bond acceptors (Lipinski definition) is 3. The molecule has 1 aliphatic rings. The van der Waals surface area contributed by atoms with Crippen LogP contribution < -0.4 is 5.32 Å². The maximum absolute atomic E-state index is 5.45. The molecule has 0 saturated carbocycles. The first-order chi connectivity index (χ1) is 9.43. The monoisotopic (exact) mass is 273 g/mol. The third-order valence-corrected chi connectivity index (χ3v) is 4.53. The topological polar surface area (TPSA) is 21.3 Å². The Morgan fingerprint density at radius 1 is 1.21 bits per heavy atom. The second-order valence-corrected chi connectivity index (χ2v) is 5.98. The van der Waals surface area contributed by atoms with Gasteiger partial charge in [0.25, 0.3) is 0 Å². The molecule has 2 heterocycles. The fourth-order valence-electron chi connectivity index (χ4n) is 2.51. The minimum atomic E-state index is 0.307. The molecule has 19 heavy (non-hydrogen) atoms. The van der Waals surface area contributed by atoms with Gasteiger partial charge in [-0.3, -0.25) is 0 Å². The molecule has 1 aliphatic heterocycles. The second-order valence-electron chi connectivity index (χ2n) is 5.00. The quantitative estimate of drug-likeness (QED) is 0.900. The van der Waals surface area contributed by atoms with E-state index < -0.39 is 0 Å². The lowest BCUT2D eigenvalue weighted by Crippen LogP contribution is -2.28. The lowest BCUT2D eigenvalue weighted by atomic mass is 10.0. The van der Waals surface area contributed by atoms with Crippen LogP contribution >= 0.6 is 11.3 Å². The summed E-state index contributed by atoms with van der Waals surface area (Å²) in [5.41, 5.74) is 1.34. The minimum absolute atomic E-state index is 0.307. The van der Waals surface area contributed by atoms with Gasteiger partial charge in [-0.15, -0.1) is 11.3 Å². The van der Waals surface area contributed by atoms with E-state index in [1.807, 2.05) is 11.3 Å². The van der Waals surface area contributed by atoms with Crippen molar-refractivity contribution >= 4 is 11.3 Å². The van der Waals surface area contributed by atoms with Gasteiger partial charge in [-0.1, -0.05) is 36.4 Å². The molecule has 1 aromatic carbocycles. The first-order valence-corrected chi connectivity index (χ1v) is 7.71. The van der Waals surface area contributed by atoms with Crippen molar-refractivity contribution in [2.24, 2.45) is 5.92 Å². The molecule has 1 N–H and O–H groups in total. The second kappa shape index (κ2) is 6.33. The smallest absolute Gasteiger partial charge is 0.0671 e. The highest BCUT2D eigenvalue weighted by Crippen LogP contribution is 2.26. The van der Waals surface area contributed by atoms with Crippen molar-refractivity contribution in [2.45, 2.75) is 12.5 Å². The first-order valence-electron chi connectivity index (χ1n) is 6.83. The SMILES string of the molecule is c1ccc(C(NCC2CCOC2)c2cccs2)cc1. The van der Waals surface area contributed by atoms with Crippen LogP contribution in [0.2, 0.25) is 0 Å². The largest absolute Gasteiger partial charge is 0.381 e. The maximum Gasteiger partial charge on any atom is 0.0671 e. The minimum Gasteiger partial charge on any atom is -0.381 e. The van der Waals surface area contributed by atoms with Crippen LogP contribution in [0.5, 0.6) is 0 Å². The van der Waals surface area contributed by atoms with Crippen LogP contribution in [0.1, 0.15) is 22.9 Å². The number of benzene rings is 1. The summed E-state index contributed by atoms with van der Waals surface area (Å²) < 4.78 is 5.45. The zero-order valence-corrected chi connectivity index (χ0v) is 11.7. The van der Waals surface area contributed by atoms with Gasteiger partial charge >= 0.3 is 0 Å². The molecule has 2 unspecified atom stereocenters. The average Bonchev–Trinajstić information content (AvgIpc) is 3.13. The Kier molecular flexibility index (Phi) is 4.28. The molecule has 3 heteroatoms. The van der Waals surface area contributed by atoms with Crippen molar-refractivity contribution in [3.8, 4) is 0 Å². The van der Waals surface area contributed by atoms with Crippen molar-refractivity contribution in [1.29, 1.82) is 0 Å². The molecule has 2 nitrogen and oxygen atoms in total. The number of hydrogen-bond donors (Lipinski definition) is 1. The van der Waals surface area contributed by atoms with E-state index in [0.717, 1.165) is 19.8 Å². The summed E-state index contributed by atoms with van der Waals surface area (Å²) in [6.45, 7) is 2.85. The Bertz CT molecular complexity index is 477. The Balaban J connectivity index is 1.73. The van der Waals surface area contributed by atoms with Gasteiger partial charge in [0.1, 0.15) is 0 Å². The van der Waals surface area contributed by atoms with Crippen molar-refractivity contribution in [2.75, 3.05) is 19.8 Å². The molecule has 0 spiro atoms. The third kappa shape index (κ3) is 3.24. The van der Waals surface area contributed by atoms with Crippen molar-refractivity contribution in [3.05, 3.63) is 58.3 Å². The van der Waals surface area contributed by atoms with Crippen LogP contribution in [0.25, 0.3) is 0 Å². The maximum atomic E-state index is 5.45. The van der Waals surface area contributed by atoms with Gasteiger partial charge in [0.2, 0.25) is 0 Å². The lowest BCUT2D eigenvalue weighted by molar-refractivity contribution is 0.185. The fourth-order valence-corrected chi connectivity index (χ4v) is 3.34. The van der Waals surface area contributed by atoms with Gasteiger partial charge in [-0.05, 0) is 29.3 Å². The van der Waals surface area contributed by atoms with Gasteiger partial charge in [0, 0.05) is 18.0 Å². The van der Waals surface area contributed by atoms with Gasteiger partial charge < -0.3 is 10.1 Å². The first kappa shape index (κ1) is 12.9. The van der Waals surface area contributed by atoms with Crippen LogP contribution in [0.3, 0.4) is 0 Å². The molecule has 100 valence electrons. The molecule has 2 atom stereocenters. The van der Waals surface area contributed by atoms with E-state index in [1.165, 1.54) is 16.9 Å². The summed E-state index contributed by atoms with van der Waals surface area (Å²) in [4.78, 5) is 1.38. The Labute approximate surface area is 118 Å². The molecule has 0 bridgehead atoms. The summed E-state index contributed by atoms with van der Waals surface area (Å²) in [6, 6.07) is 15.3. The van der Waals surface area contributed by atoms with Crippen molar-refractivity contribution in [3.63, 3.8) is 0 Å². The summed E-state index contributed by atoms with van der Waals surface area (Å²) in [5, 5.41) is 5.86. The summed E-state index contributed by atoms with van der Waals surface area (Å²) in [5.74, 6) is 0.658. The fraction of sp³-hybridized carbons (Fsp3) is 0.375. The molecule has 0 aliphatic carbocycles. The molecular formula is C16H19NOS. The molecule has 1 fully saturated rings.